The largest absolute Gasteiger partial charge is 0.456 e. The van der Waals surface area contributed by atoms with E-state index in [1.54, 1.807) is 17.8 Å². The standard InChI is InChI=1S/C18H16FNOS/c1-3-8-22-12(2)11-20-14-5-7-18-16(10-14)15-9-13(19)4-6-17(15)21-18/h3-10,20H,2,11H2,1H3/b8-3-. The Morgan fingerprint density at radius 1 is 1.23 bits per heavy atom. The van der Waals surface area contributed by atoms with Crippen LogP contribution in [0.5, 0.6) is 0 Å². The van der Waals surface area contributed by atoms with Gasteiger partial charge >= 0.3 is 0 Å². The van der Waals surface area contributed by atoms with Crippen LogP contribution in [0.4, 0.5) is 10.1 Å². The van der Waals surface area contributed by atoms with E-state index in [1.807, 2.05) is 36.6 Å². The third kappa shape index (κ3) is 3.02. The molecule has 0 aliphatic carbocycles. The minimum absolute atomic E-state index is 0.260. The van der Waals surface area contributed by atoms with Crippen molar-refractivity contribution in [2.45, 2.75) is 6.92 Å². The number of hydrogen-bond donors (Lipinski definition) is 1. The minimum Gasteiger partial charge on any atom is -0.456 e. The predicted molar refractivity (Wildman–Crippen MR) is 93.7 cm³/mol. The van der Waals surface area contributed by atoms with Gasteiger partial charge in [-0.3, -0.25) is 0 Å². The maximum absolute atomic E-state index is 13.4. The van der Waals surface area contributed by atoms with E-state index in [9.17, 15) is 4.39 Å². The Hall–Kier alpha value is -2.20. The monoisotopic (exact) mass is 313 g/mol. The van der Waals surface area contributed by atoms with Gasteiger partial charge in [0.15, 0.2) is 0 Å². The van der Waals surface area contributed by atoms with Crippen molar-refractivity contribution in [2.24, 2.45) is 0 Å². The van der Waals surface area contributed by atoms with Crippen molar-refractivity contribution in [1.82, 2.24) is 0 Å². The van der Waals surface area contributed by atoms with Gasteiger partial charge in [0.05, 0.1) is 0 Å². The van der Waals surface area contributed by atoms with Crippen LogP contribution in [0.1, 0.15) is 6.92 Å². The molecule has 0 saturated heterocycles. The molecule has 22 heavy (non-hydrogen) atoms. The molecular weight excluding hydrogens is 297 g/mol. The SMILES string of the molecule is C=C(CNc1ccc2oc3ccc(F)cc3c2c1)S/C=C\C. The average molecular weight is 313 g/mol. The summed E-state index contributed by atoms with van der Waals surface area (Å²) in [5, 5.41) is 7.03. The highest BCUT2D eigenvalue weighted by Crippen LogP contribution is 2.31. The lowest BCUT2D eigenvalue weighted by molar-refractivity contribution is 0.626. The molecule has 0 amide bonds. The second-order valence-corrected chi connectivity index (χ2v) is 6.02. The van der Waals surface area contributed by atoms with E-state index in [1.165, 1.54) is 12.1 Å². The van der Waals surface area contributed by atoms with Gasteiger partial charge in [0.25, 0.3) is 0 Å². The first-order valence-electron chi connectivity index (χ1n) is 6.98. The highest BCUT2D eigenvalue weighted by atomic mass is 32.2. The first kappa shape index (κ1) is 14.7. The summed E-state index contributed by atoms with van der Waals surface area (Å²) in [6.07, 6.45) is 1.98. The molecule has 0 fully saturated rings. The van der Waals surface area contributed by atoms with Crippen LogP contribution in [0.15, 0.2) is 63.8 Å². The van der Waals surface area contributed by atoms with Crippen molar-refractivity contribution < 1.29 is 8.81 Å². The molecule has 0 unspecified atom stereocenters. The number of halogens is 1. The van der Waals surface area contributed by atoms with Gasteiger partial charge in [-0.05, 0) is 48.7 Å². The lowest BCUT2D eigenvalue weighted by Crippen LogP contribution is -2.01. The number of hydrogen-bond acceptors (Lipinski definition) is 3. The van der Waals surface area contributed by atoms with E-state index >= 15 is 0 Å². The van der Waals surface area contributed by atoms with E-state index < -0.39 is 0 Å². The molecule has 0 saturated carbocycles. The van der Waals surface area contributed by atoms with Crippen molar-refractivity contribution in [3.63, 3.8) is 0 Å². The van der Waals surface area contributed by atoms with Crippen molar-refractivity contribution in [3.8, 4) is 0 Å². The Bertz CT molecular complexity index is 866. The highest BCUT2D eigenvalue weighted by molar-refractivity contribution is 8.05. The van der Waals surface area contributed by atoms with Crippen LogP contribution >= 0.6 is 11.8 Å². The van der Waals surface area contributed by atoms with Crippen LogP contribution < -0.4 is 5.32 Å². The first-order chi connectivity index (χ1) is 10.7. The Morgan fingerprint density at radius 3 is 2.73 bits per heavy atom. The van der Waals surface area contributed by atoms with Gasteiger partial charge in [-0.25, -0.2) is 4.39 Å². The molecule has 1 N–H and O–H groups in total. The highest BCUT2D eigenvalue weighted by Gasteiger charge is 2.08. The summed E-state index contributed by atoms with van der Waals surface area (Å²) in [5.41, 5.74) is 2.41. The molecule has 0 aliphatic rings. The fourth-order valence-electron chi connectivity index (χ4n) is 2.27. The maximum Gasteiger partial charge on any atom is 0.135 e. The maximum atomic E-state index is 13.4. The number of allylic oxidation sites excluding steroid dienone is 1. The molecule has 0 atom stereocenters. The Balaban J connectivity index is 1.87. The summed E-state index contributed by atoms with van der Waals surface area (Å²) >= 11 is 1.60. The summed E-state index contributed by atoms with van der Waals surface area (Å²) in [5.74, 6) is -0.260. The summed E-state index contributed by atoms with van der Waals surface area (Å²) < 4.78 is 19.2. The van der Waals surface area contributed by atoms with E-state index in [4.69, 9.17) is 4.42 Å². The number of fused-ring (bicyclic) bond motifs is 3. The summed E-state index contributed by atoms with van der Waals surface area (Å²) in [7, 11) is 0. The smallest absolute Gasteiger partial charge is 0.135 e. The van der Waals surface area contributed by atoms with Crippen LogP contribution in [0.2, 0.25) is 0 Å². The Kier molecular flexibility index (Phi) is 4.20. The Morgan fingerprint density at radius 2 is 1.95 bits per heavy atom. The van der Waals surface area contributed by atoms with Gasteiger partial charge in [-0.1, -0.05) is 12.7 Å². The average Bonchev–Trinajstić information content (AvgIpc) is 2.88. The van der Waals surface area contributed by atoms with Gasteiger partial charge in [0.2, 0.25) is 0 Å². The van der Waals surface area contributed by atoms with E-state index in [-0.39, 0.29) is 5.82 Å². The third-order valence-corrected chi connectivity index (χ3v) is 4.18. The number of furan rings is 1. The fraction of sp³-hybridized carbons (Fsp3) is 0.111. The zero-order valence-electron chi connectivity index (χ0n) is 12.2. The molecule has 0 bridgehead atoms. The molecular formula is C18H16FNOS. The van der Waals surface area contributed by atoms with Crippen LogP contribution in [0.25, 0.3) is 21.9 Å². The second kappa shape index (κ2) is 6.28. The fourth-order valence-corrected chi connectivity index (χ4v) is 2.75. The second-order valence-electron chi connectivity index (χ2n) is 4.93. The number of rotatable bonds is 5. The number of nitrogens with one attached hydrogen (secondary N) is 1. The van der Waals surface area contributed by atoms with Gasteiger partial charge in [0, 0.05) is 27.9 Å². The molecule has 112 valence electrons. The number of anilines is 1. The van der Waals surface area contributed by atoms with Crippen LogP contribution in [0.3, 0.4) is 0 Å². The molecule has 3 aromatic rings. The zero-order valence-corrected chi connectivity index (χ0v) is 13.0. The zero-order chi connectivity index (χ0) is 15.5. The Labute approximate surface area is 132 Å². The van der Waals surface area contributed by atoms with E-state index in [2.05, 4.69) is 11.9 Å². The predicted octanol–water partition coefficient (Wildman–Crippen LogP) is 5.92. The van der Waals surface area contributed by atoms with E-state index in [0.29, 0.717) is 12.1 Å². The van der Waals surface area contributed by atoms with Gasteiger partial charge in [-0.15, -0.1) is 11.8 Å². The lowest BCUT2D eigenvalue weighted by atomic mass is 10.1. The van der Waals surface area contributed by atoms with Crippen molar-refractivity contribution in [2.75, 3.05) is 11.9 Å². The molecule has 0 spiro atoms. The van der Waals surface area contributed by atoms with Gasteiger partial charge in [-0.2, -0.15) is 0 Å². The van der Waals surface area contributed by atoms with E-state index in [0.717, 1.165) is 26.9 Å². The molecule has 2 nitrogen and oxygen atoms in total. The number of thioether (sulfide) groups is 1. The van der Waals surface area contributed by atoms with Crippen molar-refractivity contribution >= 4 is 39.4 Å². The first-order valence-corrected chi connectivity index (χ1v) is 7.86. The molecule has 1 heterocycles. The molecule has 0 radical (unpaired) electrons. The summed E-state index contributed by atoms with van der Waals surface area (Å²) in [4.78, 5) is 1.03. The molecule has 1 aromatic heterocycles. The summed E-state index contributed by atoms with van der Waals surface area (Å²) in [6.45, 7) is 6.65. The normalized spacial score (nSPS) is 11.5. The van der Waals surface area contributed by atoms with Crippen LogP contribution in [0, 0.1) is 5.82 Å². The quantitative estimate of drug-likeness (QED) is 0.633. The topological polar surface area (TPSA) is 25.2 Å². The van der Waals surface area contributed by atoms with Crippen LogP contribution in [-0.4, -0.2) is 6.54 Å². The molecule has 0 aliphatic heterocycles. The third-order valence-electron chi connectivity index (χ3n) is 3.29. The molecule has 4 heteroatoms. The van der Waals surface area contributed by atoms with Crippen LogP contribution in [-0.2, 0) is 0 Å². The molecule has 2 aromatic carbocycles. The lowest BCUT2D eigenvalue weighted by Gasteiger charge is -2.07. The minimum atomic E-state index is -0.260. The molecule has 3 rings (SSSR count). The van der Waals surface area contributed by atoms with Gasteiger partial charge < -0.3 is 9.73 Å². The number of benzene rings is 2. The summed E-state index contributed by atoms with van der Waals surface area (Å²) in [6, 6.07) is 10.4. The van der Waals surface area contributed by atoms with Crippen molar-refractivity contribution in [3.05, 3.63) is 65.2 Å². The van der Waals surface area contributed by atoms with Crippen molar-refractivity contribution in [1.29, 1.82) is 0 Å². The van der Waals surface area contributed by atoms with Gasteiger partial charge in [0.1, 0.15) is 17.0 Å².